The van der Waals surface area contributed by atoms with Crippen molar-refractivity contribution in [3.63, 3.8) is 0 Å². The van der Waals surface area contributed by atoms with Crippen LogP contribution in [0.2, 0.25) is 0 Å². The molecule has 0 atom stereocenters. The van der Waals surface area contributed by atoms with E-state index in [4.69, 9.17) is 15.0 Å². The van der Waals surface area contributed by atoms with Crippen molar-refractivity contribution in [1.82, 2.24) is 24.1 Å². The zero-order valence-electron chi connectivity index (χ0n) is 33.4. The van der Waals surface area contributed by atoms with Gasteiger partial charge in [0.05, 0.1) is 27.8 Å². The van der Waals surface area contributed by atoms with E-state index in [9.17, 15) is 0 Å². The molecule has 62 heavy (non-hydrogen) atoms. The fraction of sp³-hybridized carbons (Fsp3) is 0. The molecule has 0 fully saturated rings. The molecule has 0 bridgehead atoms. The normalized spacial score (nSPS) is 11.9. The van der Waals surface area contributed by atoms with Crippen LogP contribution in [0.3, 0.4) is 0 Å². The summed E-state index contributed by atoms with van der Waals surface area (Å²) in [5.74, 6) is 1.92. The lowest BCUT2D eigenvalue weighted by Gasteiger charge is -2.15. The number of benzene rings is 10. The predicted molar refractivity (Wildman–Crippen MR) is 257 cm³/mol. The Labute approximate surface area is 356 Å². The molecular formula is C57H35N5. The Balaban J connectivity index is 1.11. The number of para-hydroxylation sites is 1. The van der Waals surface area contributed by atoms with Gasteiger partial charge in [-0.3, -0.25) is 0 Å². The Bertz CT molecular complexity index is 3860. The van der Waals surface area contributed by atoms with Crippen LogP contribution in [0.5, 0.6) is 0 Å². The predicted octanol–water partition coefficient (Wildman–Crippen LogP) is 14.5. The topological polar surface area (TPSA) is 48.5 Å². The van der Waals surface area contributed by atoms with Crippen molar-refractivity contribution < 1.29 is 0 Å². The lowest BCUT2D eigenvalue weighted by atomic mass is 10.0. The highest BCUT2D eigenvalue weighted by Gasteiger charge is 2.23. The van der Waals surface area contributed by atoms with Crippen LogP contribution in [-0.2, 0) is 0 Å². The van der Waals surface area contributed by atoms with Gasteiger partial charge in [-0.2, -0.15) is 0 Å². The average Bonchev–Trinajstić information content (AvgIpc) is 3.87. The molecular weight excluding hydrogens is 755 g/mol. The summed E-state index contributed by atoms with van der Waals surface area (Å²) >= 11 is 0. The first kappa shape index (κ1) is 34.5. The van der Waals surface area contributed by atoms with E-state index in [1.165, 1.54) is 54.1 Å². The van der Waals surface area contributed by atoms with Crippen LogP contribution in [0.4, 0.5) is 0 Å². The van der Waals surface area contributed by atoms with Gasteiger partial charge in [-0.15, -0.1) is 0 Å². The molecule has 5 heteroatoms. The molecule has 3 heterocycles. The first-order valence-electron chi connectivity index (χ1n) is 21.0. The highest BCUT2D eigenvalue weighted by Crippen LogP contribution is 2.46. The van der Waals surface area contributed by atoms with E-state index >= 15 is 0 Å². The third kappa shape index (κ3) is 5.18. The lowest BCUT2D eigenvalue weighted by Crippen LogP contribution is -2.01. The standard InChI is InChI=1S/C57H35N5/c1-3-17-38(18-4-1)55-58-56(39-19-5-2-6-20-39)60-57(59-55)45-26-13-25-44-43(45)24-14-28-47(44)62-50-32-30-37-16-9-10-22-42(37)52(50)54-51(62)34-33-49-53(54)46-23-11-12-27-48(46)61(49)41-31-29-36-15-7-8-21-40(36)35-41/h1-35H. The highest BCUT2D eigenvalue weighted by molar-refractivity contribution is 6.33. The van der Waals surface area contributed by atoms with Crippen molar-refractivity contribution >= 4 is 75.9 Å². The van der Waals surface area contributed by atoms with Gasteiger partial charge in [0.25, 0.3) is 0 Å². The van der Waals surface area contributed by atoms with Gasteiger partial charge in [-0.25, -0.2) is 15.0 Å². The maximum atomic E-state index is 5.15. The number of nitrogens with zero attached hydrogens (tertiary/aromatic N) is 5. The molecule has 0 aliphatic carbocycles. The summed E-state index contributed by atoms with van der Waals surface area (Å²) in [6.07, 6.45) is 0. The van der Waals surface area contributed by atoms with Gasteiger partial charge in [0.2, 0.25) is 0 Å². The molecule has 13 aromatic rings. The van der Waals surface area contributed by atoms with E-state index in [1.807, 2.05) is 36.4 Å². The zero-order valence-corrected chi connectivity index (χ0v) is 33.4. The molecule has 0 radical (unpaired) electrons. The van der Waals surface area contributed by atoms with Crippen molar-refractivity contribution in [2.75, 3.05) is 0 Å². The number of hydrogen-bond donors (Lipinski definition) is 0. The molecule has 0 aliphatic rings. The van der Waals surface area contributed by atoms with Crippen molar-refractivity contribution in [3.8, 4) is 45.5 Å². The van der Waals surface area contributed by atoms with Crippen molar-refractivity contribution in [3.05, 3.63) is 212 Å². The van der Waals surface area contributed by atoms with E-state index in [0.717, 1.165) is 49.9 Å². The summed E-state index contributed by atoms with van der Waals surface area (Å²) in [5.41, 5.74) is 9.76. The Hall–Kier alpha value is -8.41. The summed E-state index contributed by atoms with van der Waals surface area (Å²) in [5, 5.41) is 12.1. The molecule has 0 amide bonds. The highest BCUT2D eigenvalue weighted by atomic mass is 15.0. The maximum absolute atomic E-state index is 5.15. The number of aromatic nitrogens is 5. The fourth-order valence-corrected chi connectivity index (χ4v) is 9.79. The van der Waals surface area contributed by atoms with Gasteiger partial charge in [0.1, 0.15) is 0 Å². The van der Waals surface area contributed by atoms with Crippen LogP contribution in [0.15, 0.2) is 212 Å². The smallest absolute Gasteiger partial charge is 0.164 e. The first-order valence-corrected chi connectivity index (χ1v) is 21.0. The first-order chi connectivity index (χ1) is 30.8. The van der Waals surface area contributed by atoms with Crippen molar-refractivity contribution in [2.24, 2.45) is 0 Å². The molecule has 0 spiro atoms. The summed E-state index contributed by atoms with van der Waals surface area (Å²) in [6.45, 7) is 0. The van der Waals surface area contributed by atoms with Gasteiger partial charge in [-0.1, -0.05) is 170 Å². The van der Waals surface area contributed by atoms with Gasteiger partial charge in [-0.05, 0) is 69.4 Å². The molecule has 0 aliphatic heterocycles. The van der Waals surface area contributed by atoms with Crippen LogP contribution >= 0.6 is 0 Å². The van der Waals surface area contributed by atoms with E-state index in [2.05, 4.69) is 185 Å². The van der Waals surface area contributed by atoms with E-state index < -0.39 is 0 Å². The average molecular weight is 790 g/mol. The molecule has 0 saturated heterocycles. The molecule has 0 N–H and O–H groups in total. The molecule has 288 valence electrons. The molecule has 0 unspecified atom stereocenters. The van der Waals surface area contributed by atoms with E-state index in [-0.39, 0.29) is 0 Å². The largest absolute Gasteiger partial charge is 0.309 e. The Morgan fingerprint density at radius 3 is 1.60 bits per heavy atom. The third-order valence-electron chi connectivity index (χ3n) is 12.5. The minimum Gasteiger partial charge on any atom is -0.309 e. The van der Waals surface area contributed by atoms with Crippen molar-refractivity contribution in [2.45, 2.75) is 0 Å². The summed E-state index contributed by atoms with van der Waals surface area (Å²) in [6, 6.07) is 75.7. The molecule has 0 saturated carbocycles. The minimum atomic E-state index is 0.636. The van der Waals surface area contributed by atoms with Gasteiger partial charge >= 0.3 is 0 Å². The second-order valence-corrected chi connectivity index (χ2v) is 16.0. The van der Waals surface area contributed by atoms with Crippen molar-refractivity contribution in [1.29, 1.82) is 0 Å². The fourth-order valence-electron chi connectivity index (χ4n) is 9.79. The van der Waals surface area contributed by atoms with Gasteiger partial charge in [0.15, 0.2) is 17.5 Å². The zero-order chi connectivity index (χ0) is 40.7. The van der Waals surface area contributed by atoms with Crippen LogP contribution in [0.25, 0.3) is 121 Å². The van der Waals surface area contributed by atoms with E-state index in [1.54, 1.807) is 0 Å². The molecule has 13 rings (SSSR count). The van der Waals surface area contributed by atoms with Crippen LogP contribution in [0, 0.1) is 0 Å². The van der Waals surface area contributed by atoms with Crippen LogP contribution in [0.1, 0.15) is 0 Å². The summed E-state index contributed by atoms with van der Waals surface area (Å²) in [4.78, 5) is 15.3. The molecule has 5 nitrogen and oxygen atoms in total. The Morgan fingerprint density at radius 1 is 0.290 bits per heavy atom. The van der Waals surface area contributed by atoms with Gasteiger partial charge in [0, 0.05) is 49.3 Å². The quantitative estimate of drug-likeness (QED) is 0.174. The SMILES string of the molecule is c1ccc(-c2nc(-c3ccccc3)nc(-c3cccc4c(-n5c6ccc7ccccc7c6c6c7c8ccccc8n(-c8ccc9ccccc9c8)c7ccc65)cccc34)n2)cc1. The second kappa shape index (κ2) is 13.6. The third-order valence-corrected chi connectivity index (χ3v) is 12.5. The summed E-state index contributed by atoms with van der Waals surface area (Å²) in [7, 11) is 0. The van der Waals surface area contributed by atoms with Crippen LogP contribution < -0.4 is 0 Å². The number of hydrogen-bond acceptors (Lipinski definition) is 3. The maximum Gasteiger partial charge on any atom is 0.164 e. The summed E-state index contributed by atoms with van der Waals surface area (Å²) < 4.78 is 4.92. The second-order valence-electron chi connectivity index (χ2n) is 16.0. The molecule has 3 aromatic heterocycles. The monoisotopic (exact) mass is 789 g/mol. The Morgan fingerprint density at radius 2 is 0.823 bits per heavy atom. The van der Waals surface area contributed by atoms with Crippen LogP contribution in [-0.4, -0.2) is 24.1 Å². The minimum absolute atomic E-state index is 0.636. The lowest BCUT2D eigenvalue weighted by molar-refractivity contribution is 1.08. The number of fused-ring (bicyclic) bond motifs is 11. The Kier molecular flexibility index (Phi) is 7.54. The molecule has 10 aromatic carbocycles. The number of rotatable bonds is 5. The van der Waals surface area contributed by atoms with E-state index in [0.29, 0.717) is 17.5 Å². The van der Waals surface area contributed by atoms with Gasteiger partial charge < -0.3 is 9.13 Å².